The number of allylic oxidation sites excluding steroid dienone is 2. The van der Waals surface area contributed by atoms with Gasteiger partial charge in [-0.3, -0.25) is 4.79 Å². The summed E-state index contributed by atoms with van der Waals surface area (Å²) in [6.07, 6.45) is 8.61. The summed E-state index contributed by atoms with van der Waals surface area (Å²) in [5, 5.41) is 0. The molecule has 0 aliphatic heterocycles. The van der Waals surface area contributed by atoms with Gasteiger partial charge >= 0.3 is 5.97 Å². The smallest absolute Gasteiger partial charge is 0.310 e. The van der Waals surface area contributed by atoms with Crippen LogP contribution in [0, 0.1) is 17.8 Å². The van der Waals surface area contributed by atoms with E-state index < -0.39 is 0 Å². The van der Waals surface area contributed by atoms with Gasteiger partial charge in [0.05, 0.1) is 5.92 Å². The maximum Gasteiger partial charge on any atom is 0.310 e. The van der Waals surface area contributed by atoms with Gasteiger partial charge in [-0.05, 0) is 44.9 Å². The maximum absolute atomic E-state index is 12.1. The molecule has 0 aromatic rings. The second-order valence-electron chi connectivity index (χ2n) is 5.82. The van der Waals surface area contributed by atoms with Gasteiger partial charge in [-0.2, -0.15) is 0 Å². The van der Waals surface area contributed by atoms with E-state index in [1.54, 1.807) is 0 Å². The van der Waals surface area contributed by atoms with Gasteiger partial charge in [0, 0.05) is 0 Å². The average molecular weight is 222 g/mol. The summed E-state index contributed by atoms with van der Waals surface area (Å²) in [6.45, 7) is 6.14. The highest BCUT2D eigenvalue weighted by Gasteiger charge is 2.42. The molecule has 0 N–H and O–H groups in total. The third kappa shape index (κ3) is 2.31. The van der Waals surface area contributed by atoms with Crippen molar-refractivity contribution < 1.29 is 9.53 Å². The largest absolute Gasteiger partial charge is 0.459 e. The molecule has 0 spiro atoms. The van der Waals surface area contributed by atoms with Gasteiger partial charge in [-0.1, -0.05) is 25.5 Å². The molecule has 1 saturated carbocycles. The van der Waals surface area contributed by atoms with Crippen LogP contribution in [0.5, 0.6) is 0 Å². The molecule has 16 heavy (non-hydrogen) atoms. The van der Waals surface area contributed by atoms with E-state index in [0.717, 1.165) is 25.7 Å². The average Bonchev–Trinajstić information content (AvgIpc) is 2.77. The molecule has 2 heteroatoms. The minimum Gasteiger partial charge on any atom is -0.459 e. The lowest BCUT2D eigenvalue weighted by Gasteiger charge is -2.28. The lowest BCUT2D eigenvalue weighted by atomic mass is 9.93. The molecule has 3 unspecified atom stereocenters. The summed E-state index contributed by atoms with van der Waals surface area (Å²) in [6, 6.07) is 0. The zero-order valence-electron chi connectivity index (χ0n) is 10.5. The van der Waals surface area contributed by atoms with Crippen LogP contribution in [0.1, 0.15) is 46.5 Å². The molecule has 0 aromatic carbocycles. The first-order valence-electron chi connectivity index (χ1n) is 6.43. The summed E-state index contributed by atoms with van der Waals surface area (Å²) >= 11 is 0. The second kappa shape index (κ2) is 4.23. The van der Waals surface area contributed by atoms with Crippen LogP contribution in [0.3, 0.4) is 0 Å². The van der Waals surface area contributed by atoms with Crippen LogP contribution in [0.2, 0.25) is 0 Å². The molecule has 0 saturated heterocycles. The van der Waals surface area contributed by atoms with E-state index in [1.807, 2.05) is 13.8 Å². The Morgan fingerprint density at radius 3 is 2.62 bits per heavy atom. The number of rotatable bonds is 4. The van der Waals surface area contributed by atoms with Crippen LogP contribution in [-0.4, -0.2) is 11.6 Å². The van der Waals surface area contributed by atoms with Gasteiger partial charge in [-0.25, -0.2) is 0 Å². The monoisotopic (exact) mass is 222 g/mol. The quantitative estimate of drug-likeness (QED) is 0.539. The normalized spacial score (nSPS) is 32.1. The highest BCUT2D eigenvalue weighted by atomic mass is 16.6. The van der Waals surface area contributed by atoms with Gasteiger partial charge in [0.2, 0.25) is 0 Å². The van der Waals surface area contributed by atoms with E-state index >= 15 is 0 Å². The number of ether oxygens (including phenoxy) is 1. The Morgan fingerprint density at radius 1 is 1.38 bits per heavy atom. The van der Waals surface area contributed by atoms with Crippen molar-refractivity contribution in [3.05, 3.63) is 12.2 Å². The molecular formula is C14H22O2. The molecule has 2 aliphatic carbocycles. The minimum atomic E-state index is -0.294. The number of hydrogen-bond donors (Lipinski definition) is 0. The van der Waals surface area contributed by atoms with Crippen LogP contribution < -0.4 is 0 Å². The van der Waals surface area contributed by atoms with Gasteiger partial charge in [0.15, 0.2) is 0 Å². The van der Waals surface area contributed by atoms with E-state index in [1.165, 1.54) is 0 Å². The number of esters is 1. The molecular weight excluding hydrogens is 200 g/mol. The third-order valence-electron chi connectivity index (χ3n) is 3.81. The van der Waals surface area contributed by atoms with Gasteiger partial charge < -0.3 is 4.74 Å². The number of carbonyl (C=O) groups excluding carboxylic acids is 1. The summed E-state index contributed by atoms with van der Waals surface area (Å²) in [5.74, 6) is 1.24. The number of fused-ring (bicyclic) bond motifs is 2. The Bertz CT molecular complexity index is 304. The fourth-order valence-corrected chi connectivity index (χ4v) is 3.05. The Kier molecular flexibility index (Phi) is 3.09. The van der Waals surface area contributed by atoms with Crippen molar-refractivity contribution in [2.24, 2.45) is 17.8 Å². The Balaban J connectivity index is 1.91. The van der Waals surface area contributed by atoms with Crippen molar-refractivity contribution in [1.29, 1.82) is 0 Å². The second-order valence-corrected chi connectivity index (χ2v) is 5.82. The summed E-state index contributed by atoms with van der Waals surface area (Å²) < 4.78 is 5.64. The summed E-state index contributed by atoms with van der Waals surface area (Å²) in [5.41, 5.74) is -0.294. The highest BCUT2D eigenvalue weighted by molar-refractivity contribution is 5.74. The molecule has 90 valence electrons. The summed E-state index contributed by atoms with van der Waals surface area (Å²) in [7, 11) is 0. The van der Waals surface area contributed by atoms with Gasteiger partial charge in [0.1, 0.15) is 5.60 Å². The van der Waals surface area contributed by atoms with Crippen LogP contribution in [0.4, 0.5) is 0 Å². The number of carbonyl (C=O) groups is 1. The van der Waals surface area contributed by atoms with Crippen molar-refractivity contribution in [3.63, 3.8) is 0 Å². The molecule has 2 rings (SSSR count). The maximum atomic E-state index is 12.1. The van der Waals surface area contributed by atoms with Gasteiger partial charge in [0.25, 0.3) is 0 Å². The predicted octanol–water partition coefficient (Wildman–Crippen LogP) is 3.32. The zero-order chi connectivity index (χ0) is 11.8. The van der Waals surface area contributed by atoms with Crippen molar-refractivity contribution in [2.75, 3.05) is 0 Å². The Morgan fingerprint density at radius 2 is 2.12 bits per heavy atom. The first-order chi connectivity index (χ1) is 7.52. The van der Waals surface area contributed by atoms with Crippen LogP contribution in [0.25, 0.3) is 0 Å². The molecule has 0 heterocycles. The fourth-order valence-electron chi connectivity index (χ4n) is 3.05. The summed E-state index contributed by atoms with van der Waals surface area (Å²) in [4.78, 5) is 12.1. The standard InChI is InChI=1S/C14H22O2/c1-4-7-14(2,3)16-13(15)12-9-10-5-6-11(12)8-10/h5-6,10-12H,4,7-9H2,1-3H3. The first-order valence-corrected chi connectivity index (χ1v) is 6.43. The van der Waals surface area contributed by atoms with E-state index in [2.05, 4.69) is 19.1 Å². The Labute approximate surface area is 98.1 Å². The highest BCUT2D eigenvalue weighted by Crippen LogP contribution is 2.44. The molecule has 1 fully saturated rings. The SMILES string of the molecule is CCCC(C)(C)OC(=O)C1CC2C=CC1C2. The predicted molar refractivity (Wildman–Crippen MR) is 63.9 cm³/mol. The lowest BCUT2D eigenvalue weighted by Crippen LogP contribution is -2.32. The van der Waals surface area contributed by atoms with Crippen molar-refractivity contribution >= 4 is 5.97 Å². The minimum absolute atomic E-state index is 0.0234. The fraction of sp³-hybridized carbons (Fsp3) is 0.786. The van der Waals surface area contributed by atoms with Crippen LogP contribution in [0.15, 0.2) is 12.2 Å². The molecule has 2 nitrogen and oxygen atoms in total. The topological polar surface area (TPSA) is 26.3 Å². The van der Waals surface area contributed by atoms with Crippen molar-refractivity contribution in [2.45, 2.75) is 52.1 Å². The molecule has 0 aromatic heterocycles. The lowest BCUT2D eigenvalue weighted by molar-refractivity contribution is -0.163. The Hall–Kier alpha value is -0.790. The van der Waals surface area contributed by atoms with E-state index in [0.29, 0.717) is 11.8 Å². The van der Waals surface area contributed by atoms with Crippen molar-refractivity contribution in [1.82, 2.24) is 0 Å². The molecule has 3 atom stereocenters. The van der Waals surface area contributed by atoms with E-state index in [4.69, 9.17) is 4.74 Å². The van der Waals surface area contributed by atoms with Crippen LogP contribution in [-0.2, 0) is 9.53 Å². The number of hydrogen-bond acceptors (Lipinski definition) is 2. The zero-order valence-corrected chi connectivity index (χ0v) is 10.5. The van der Waals surface area contributed by atoms with E-state index in [9.17, 15) is 4.79 Å². The van der Waals surface area contributed by atoms with Gasteiger partial charge in [-0.15, -0.1) is 0 Å². The molecule has 0 radical (unpaired) electrons. The molecule has 0 amide bonds. The first kappa shape index (κ1) is 11.7. The van der Waals surface area contributed by atoms with Crippen molar-refractivity contribution in [3.8, 4) is 0 Å². The van der Waals surface area contributed by atoms with Crippen LogP contribution >= 0.6 is 0 Å². The third-order valence-corrected chi connectivity index (χ3v) is 3.81. The molecule has 2 aliphatic rings. The molecule has 2 bridgehead atoms. The van der Waals surface area contributed by atoms with E-state index in [-0.39, 0.29) is 17.5 Å².